The summed E-state index contributed by atoms with van der Waals surface area (Å²) in [5.74, 6) is 1.16. The molecule has 146 valence electrons. The number of hydrogen-bond donors (Lipinski definition) is 2. The Morgan fingerprint density at radius 2 is 2.19 bits per heavy atom. The molecule has 0 bridgehead atoms. The molecule has 2 aliphatic rings. The van der Waals surface area contributed by atoms with Crippen molar-refractivity contribution in [2.45, 2.75) is 58.0 Å². The van der Waals surface area contributed by atoms with Crippen molar-refractivity contribution in [2.24, 2.45) is 5.92 Å². The van der Waals surface area contributed by atoms with E-state index < -0.39 is 15.4 Å². The van der Waals surface area contributed by atoms with Crippen molar-refractivity contribution >= 4 is 16.1 Å². The highest BCUT2D eigenvalue weighted by Gasteiger charge is 2.58. The molecule has 26 heavy (non-hydrogen) atoms. The predicted molar refractivity (Wildman–Crippen MR) is 95.1 cm³/mol. The minimum Gasteiger partial charge on any atom is -0.339 e. The van der Waals surface area contributed by atoms with Crippen LogP contribution in [-0.4, -0.2) is 60.4 Å². The van der Waals surface area contributed by atoms with Gasteiger partial charge in [-0.1, -0.05) is 5.16 Å². The number of nitrogens with zero attached hydrogens (tertiary/aromatic N) is 3. The smallest absolute Gasteiger partial charge is 0.317 e. The standard InChI is InChI=1S/C16H27N5O4S/c1-5-26(23,24)20-13-6-12-8-21(15(22)17-10(2)3)9-16(12,7-13)14-18-11(4)19-25-14/h10,12-13,20H,5-9H2,1-4H3,(H,17,22)/t12-,13+,16-/m0/s1. The van der Waals surface area contributed by atoms with Crippen LogP contribution in [-0.2, 0) is 15.4 Å². The van der Waals surface area contributed by atoms with Crippen molar-refractivity contribution in [3.63, 3.8) is 0 Å². The topological polar surface area (TPSA) is 117 Å². The summed E-state index contributed by atoms with van der Waals surface area (Å²) in [6, 6.07) is -0.253. The van der Waals surface area contributed by atoms with Crippen LogP contribution in [0.1, 0.15) is 45.3 Å². The first kappa shape index (κ1) is 19.1. The zero-order valence-electron chi connectivity index (χ0n) is 15.7. The van der Waals surface area contributed by atoms with Crippen molar-refractivity contribution in [1.29, 1.82) is 0 Å². The van der Waals surface area contributed by atoms with E-state index in [9.17, 15) is 13.2 Å². The Morgan fingerprint density at radius 3 is 2.77 bits per heavy atom. The summed E-state index contributed by atoms with van der Waals surface area (Å²) in [6.45, 7) is 8.20. The molecule has 1 aliphatic carbocycles. The van der Waals surface area contributed by atoms with E-state index in [4.69, 9.17) is 4.52 Å². The largest absolute Gasteiger partial charge is 0.339 e. The molecule has 3 rings (SSSR count). The lowest BCUT2D eigenvalue weighted by atomic mass is 9.80. The van der Waals surface area contributed by atoms with Crippen LogP contribution in [0.2, 0.25) is 0 Å². The summed E-state index contributed by atoms with van der Waals surface area (Å²) in [5.41, 5.74) is -0.503. The second-order valence-corrected chi connectivity index (χ2v) is 9.69. The number of sulfonamides is 1. The number of amides is 2. The molecule has 1 saturated heterocycles. The van der Waals surface area contributed by atoms with Gasteiger partial charge in [0.2, 0.25) is 15.9 Å². The number of rotatable bonds is 5. The predicted octanol–water partition coefficient (Wildman–Crippen LogP) is 0.767. The fraction of sp³-hybridized carbons (Fsp3) is 0.812. The first-order valence-electron chi connectivity index (χ1n) is 9.01. The molecule has 3 atom stereocenters. The lowest BCUT2D eigenvalue weighted by Gasteiger charge is -2.26. The Kier molecular flexibility index (Phi) is 5.00. The number of fused-ring (bicyclic) bond motifs is 1. The number of aromatic nitrogens is 2. The number of urea groups is 1. The lowest BCUT2D eigenvalue weighted by molar-refractivity contribution is 0.197. The summed E-state index contributed by atoms with van der Waals surface area (Å²) in [5, 5.41) is 6.82. The van der Waals surface area contributed by atoms with Crippen LogP contribution in [0, 0.1) is 12.8 Å². The van der Waals surface area contributed by atoms with Crippen LogP contribution in [0.5, 0.6) is 0 Å². The molecule has 0 radical (unpaired) electrons. The van der Waals surface area contributed by atoms with E-state index >= 15 is 0 Å². The molecule has 1 aromatic rings. The summed E-state index contributed by atoms with van der Waals surface area (Å²) < 4.78 is 32.2. The van der Waals surface area contributed by atoms with Gasteiger partial charge in [0.1, 0.15) is 0 Å². The molecule has 9 nitrogen and oxygen atoms in total. The summed E-state index contributed by atoms with van der Waals surface area (Å²) >= 11 is 0. The first-order chi connectivity index (χ1) is 12.1. The molecule has 0 unspecified atom stereocenters. The third-order valence-electron chi connectivity index (χ3n) is 5.25. The molecule has 0 spiro atoms. The third kappa shape index (κ3) is 3.57. The zero-order chi connectivity index (χ0) is 19.1. The van der Waals surface area contributed by atoms with Gasteiger partial charge in [0, 0.05) is 25.2 Å². The number of aryl methyl sites for hydroxylation is 1. The maximum absolute atomic E-state index is 12.5. The van der Waals surface area contributed by atoms with Crippen LogP contribution in [0.15, 0.2) is 4.52 Å². The average molecular weight is 385 g/mol. The monoisotopic (exact) mass is 385 g/mol. The van der Waals surface area contributed by atoms with Gasteiger partial charge in [0.05, 0.1) is 11.2 Å². The van der Waals surface area contributed by atoms with Gasteiger partial charge in [-0.15, -0.1) is 0 Å². The SMILES string of the molecule is CCS(=O)(=O)N[C@@H]1C[C@H]2CN(C(=O)NC(C)C)C[C@@]2(c2nc(C)no2)C1. The highest BCUT2D eigenvalue weighted by molar-refractivity contribution is 7.89. The molecule has 1 aromatic heterocycles. The van der Waals surface area contributed by atoms with Gasteiger partial charge in [-0.2, -0.15) is 4.98 Å². The molecule has 10 heteroatoms. The molecule has 2 fully saturated rings. The second-order valence-electron chi connectivity index (χ2n) is 7.64. The molecule has 1 saturated carbocycles. The summed E-state index contributed by atoms with van der Waals surface area (Å²) in [4.78, 5) is 18.7. The summed E-state index contributed by atoms with van der Waals surface area (Å²) in [6.07, 6.45) is 1.19. The number of hydrogen-bond acceptors (Lipinski definition) is 6. The van der Waals surface area contributed by atoms with Crippen molar-refractivity contribution in [2.75, 3.05) is 18.8 Å². The lowest BCUT2D eigenvalue weighted by Crippen LogP contribution is -2.44. The fourth-order valence-corrected chi connectivity index (χ4v) is 4.98. The maximum Gasteiger partial charge on any atom is 0.317 e. The Labute approximate surface area is 153 Å². The van der Waals surface area contributed by atoms with E-state index in [2.05, 4.69) is 20.2 Å². The van der Waals surface area contributed by atoms with E-state index in [-0.39, 0.29) is 29.8 Å². The minimum absolute atomic E-state index is 0.0454. The van der Waals surface area contributed by atoms with Crippen molar-refractivity contribution in [3.8, 4) is 0 Å². The molecule has 0 aromatic carbocycles. The van der Waals surface area contributed by atoms with Gasteiger partial charge < -0.3 is 14.7 Å². The van der Waals surface area contributed by atoms with E-state index in [1.807, 2.05) is 13.8 Å². The van der Waals surface area contributed by atoms with Gasteiger partial charge in [0.15, 0.2) is 5.82 Å². The molecule has 2 amide bonds. The number of nitrogens with one attached hydrogen (secondary N) is 2. The number of likely N-dealkylation sites (tertiary alicyclic amines) is 1. The third-order valence-corrected chi connectivity index (χ3v) is 6.71. The van der Waals surface area contributed by atoms with Crippen molar-refractivity contribution < 1.29 is 17.7 Å². The van der Waals surface area contributed by atoms with Gasteiger partial charge >= 0.3 is 6.03 Å². The van der Waals surface area contributed by atoms with Crippen LogP contribution in [0.4, 0.5) is 4.79 Å². The van der Waals surface area contributed by atoms with E-state index in [1.54, 1.807) is 18.7 Å². The fourth-order valence-electron chi connectivity index (χ4n) is 4.12. The number of carbonyl (C=O) groups is 1. The van der Waals surface area contributed by atoms with Gasteiger partial charge in [-0.05, 0) is 46.5 Å². The van der Waals surface area contributed by atoms with Gasteiger partial charge in [-0.25, -0.2) is 17.9 Å². The molecular weight excluding hydrogens is 358 g/mol. The highest BCUT2D eigenvalue weighted by atomic mass is 32.2. The highest BCUT2D eigenvalue weighted by Crippen LogP contribution is 2.50. The van der Waals surface area contributed by atoms with E-state index in [1.165, 1.54) is 0 Å². The second kappa shape index (κ2) is 6.80. The molecule has 2 heterocycles. The Hall–Kier alpha value is -1.68. The van der Waals surface area contributed by atoms with E-state index in [0.717, 1.165) is 0 Å². The van der Waals surface area contributed by atoms with Crippen LogP contribution < -0.4 is 10.0 Å². The first-order valence-corrected chi connectivity index (χ1v) is 10.7. The normalized spacial score (nSPS) is 28.6. The van der Waals surface area contributed by atoms with Crippen LogP contribution >= 0.6 is 0 Å². The molecule has 1 aliphatic heterocycles. The minimum atomic E-state index is -3.29. The van der Waals surface area contributed by atoms with Gasteiger partial charge in [-0.3, -0.25) is 0 Å². The van der Waals surface area contributed by atoms with E-state index in [0.29, 0.717) is 37.6 Å². The quantitative estimate of drug-likeness (QED) is 0.773. The van der Waals surface area contributed by atoms with Crippen molar-refractivity contribution in [1.82, 2.24) is 25.1 Å². The van der Waals surface area contributed by atoms with Crippen LogP contribution in [0.3, 0.4) is 0 Å². The Bertz CT molecular complexity index is 777. The Balaban J connectivity index is 1.85. The molecular formula is C16H27N5O4S. The summed E-state index contributed by atoms with van der Waals surface area (Å²) in [7, 11) is -3.29. The van der Waals surface area contributed by atoms with Crippen molar-refractivity contribution in [3.05, 3.63) is 11.7 Å². The van der Waals surface area contributed by atoms with Gasteiger partial charge in [0.25, 0.3) is 0 Å². The Morgan fingerprint density at radius 1 is 1.46 bits per heavy atom. The average Bonchev–Trinajstić information content (AvgIpc) is 3.18. The van der Waals surface area contributed by atoms with Crippen LogP contribution in [0.25, 0.3) is 0 Å². The zero-order valence-corrected chi connectivity index (χ0v) is 16.5. The number of carbonyl (C=O) groups excluding carboxylic acids is 1. The molecule has 2 N–H and O–H groups in total. The maximum atomic E-state index is 12.5.